The highest BCUT2D eigenvalue weighted by Crippen LogP contribution is 2.24. The van der Waals surface area contributed by atoms with Gasteiger partial charge in [0.25, 0.3) is 0 Å². The van der Waals surface area contributed by atoms with Crippen molar-refractivity contribution in [2.75, 3.05) is 17.6 Å². The van der Waals surface area contributed by atoms with E-state index >= 15 is 0 Å². The van der Waals surface area contributed by atoms with Crippen LogP contribution < -0.4 is 11.1 Å². The SMILES string of the molecule is CCCCNc1nc(N)nc2ccn(Cc3cc4ccccc4cn3)c12. The number of nitrogens with one attached hydrogen (secondary N) is 1. The lowest BCUT2D eigenvalue weighted by Crippen LogP contribution is -2.09. The number of benzene rings is 1. The Kier molecular flexibility index (Phi) is 4.39. The Morgan fingerprint density at radius 2 is 1.96 bits per heavy atom. The van der Waals surface area contributed by atoms with Gasteiger partial charge in [-0.15, -0.1) is 0 Å². The monoisotopic (exact) mass is 346 g/mol. The molecule has 132 valence electrons. The summed E-state index contributed by atoms with van der Waals surface area (Å²) in [6.07, 6.45) is 6.14. The lowest BCUT2D eigenvalue weighted by Gasteiger charge is -2.11. The van der Waals surface area contributed by atoms with Crippen molar-refractivity contribution in [1.29, 1.82) is 0 Å². The number of anilines is 2. The summed E-state index contributed by atoms with van der Waals surface area (Å²) in [6.45, 7) is 3.69. The van der Waals surface area contributed by atoms with Crippen molar-refractivity contribution >= 4 is 33.6 Å². The molecule has 0 aliphatic carbocycles. The molecule has 0 saturated carbocycles. The molecule has 0 fully saturated rings. The van der Waals surface area contributed by atoms with Crippen molar-refractivity contribution in [3.8, 4) is 0 Å². The maximum absolute atomic E-state index is 5.87. The van der Waals surface area contributed by atoms with E-state index in [9.17, 15) is 0 Å². The van der Waals surface area contributed by atoms with Crippen molar-refractivity contribution in [3.63, 3.8) is 0 Å². The second-order valence-corrected chi connectivity index (χ2v) is 6.41. The van der Waals surface area contributed by atoms with E-state index < -0.39 is 0 Å². The van der Waals surface area contributed by atoms with E-state index in [2.05, 4.69) is 50.0 Å². The number of hydrogen-bond acceptors (Lipinski definition) is 5. The third kappa shape index (κ3) is 3.18. The maximum Gasteiger partial charge on any atom is 0.222 e. The number of pyridine rings is 1. The fraction of sp³-hybridized carbons (Fsp3) is 0.250. The number of nitrogens with zero attached hydrogens (tertiary/aromatic N) is 4. The van der Waals surface area contributed by atoms with Crippen LogP contribution in [0.1, 0.15) is 25.5 Å². The molecule has 6 heteroatoms. The molecule has 6 nitrogen and oxygen atoms in total. The molecule has 3 heterocycles. The predicted molar refractivity (Wildman–Crippen MR) is 106 cm³/mol. The van der Waals surface area contributed by atoms with E-state index in [0.717, 1.165) is 47.3 Å². The summed E-state index contributed by atoms with van der Waals surface area (Å²) in [5.74, 6) is 1.07. The van der Waals surface area contributed by atoms with Crippen LogP contribution in [0.15, 0.2) is 48.8 Å². The van der Waals surface area contributed by atoms with Gasteiger partial charge in [0.1, 0.15) is 5.52 Å². The molecule has 0 aliphatic heterocycles. The standard InChI is InChI=1S/C20H22N6/c1-2-3-9-22-19-18-17(24-20(21)25-19)8-10-26(18)13-16-11-14-6-4-5-7-15(14)12-23-16/h4-8,10-12H,2-3,9,13H2,1H3,(H3,21,22,24,25). The average molecular weight is 346 g/mol. The van der Waals surface area contributed by atoms with E-state index in [4.69, 9.17) is 5.73 Å². The number of aromatic nitrogens is 4. The van der Waals surface area contributed by atoms with Gasteiger partial charge in [0, 0.05) is 24.3 Å². The Labute approximate surface area is 152 Å². The second kappa shape index (κ2) is 7.00. The van der Waals surface area contributed by atoms with Gasteiger partial charge in [-0.1, -0.05) is 37.6 Å². The summed E-state index contributed by atoms with van der Waals surface area (Å²) in [7, 11) is 0. The van der Waals surface area contributed by atoms with Crippen LogP contribution in [0.3, 0.4) is 0 Å². The van der Waals surface area contributed by atoms with Gasteiger partial charge in [-0.05, 0) is 23.9 Å². The van der Waals surface area contributed by atoms with Crippen LogP contribution in [-0.4, -0.2) is 26.1 Å². The third-order valence-corrected chi connectivity index (χ3v) is 4.47. The van der Waals surface area contributed by atoms with Crippen LogP contribution in [0.25, 0.3) is 21.8 Å². The first-order chi connectivity index (χ1) is 12.7. The highest BCUT2D eigenvalue weighted by Gasteiger charge is 2.12. The smallest absolute Gasteiger partial charge is 0.222 e. The minimum absolute atomic E-state index is 0.290. The first-order valence-corrected chi connectivity index (χ1v) is 8.94. The molecule has 0 aliphatic rings. The normalized spacial score (nSPS) is 11.3. The van der Waals surface area contributed by atoms with E-state index in [1.807, 2.05) is 30.6 Å². The molecule has 0 bridgehead atoms. The molecule has 0 atom stereocenters. The van der Waals surface area contributed by atoms with Gasteiger partial charge in [-0.3, -0.25) is 4.98 Å². The number of unbranched alkanes of at least 4 members (excludes halogenated alkanes) is 1. The highest BCUT2D eigenvalue weighted by atomic mass is 15.1. The Morgan fingerprint density at radius 1 is 1.12 bits per heavy atom. The second-order valence-electron chi connectivity index (χ2n) is 6.41. The Morgan fingerprint density at radius 3 is 2.81 bits per heavy atom. The molecule has 26 heavy (non-hydrogen) atoms. The zero-order valence-corrected chi connectivity index (χ0v) is 14.8. The van der Waals surface area contributed by atoms with Crippen molar-refractivity contribution in [3.05, 3.63) is 54.5 Å². The van der Waals surface area contributed by atoms with Gasteiger partial charge in [-0.2, -0.15) is 4.98 Å². The molecule has 3 aromatic heterocycles. The van der Waals surface area contributed by atoms with Crippen LogP contribution in [0.2, 0.25) is 0 Å². The Bertz CT molecular complexity index is 1050. The molecule has 0 radical (unpaired) electrons. The minimum atomic E-state index is 0.290. The summed E-state index contributed by atoms with van der Waals surface area (Å²) < 4.78 is 2.13. The average Bonchev–Trinajstić information content (AvgIpc) is 3.04. The van der Waals surface area contributed by atoms with Crippen LogP contribution in [0.4, 0.5) is 11.8 Å². The fourth-order valence-electron chi connectivity index (χ4n) is 3.15. The van der Waals surface area contributed by atoms with Crippen molar-refractivity contribution in [2.45, 2.75) is 26.3 Å². The molecule has 0 spiro atoms. The van der Waals surface area contributed by atoms with E-state index in [1.54, 1.807) is 0 Å². The van der Waals surface area contributed by atoms with Gasteiger partial charge in [0.05, 0.1) is 17.8 Å². The summed E-state index contributed by atoms with van der Waals surface area (Å²) in [6, 6.07) is 12.4. The van der Waals surface area contributed by atoms with Crippen LogP contribution >= 0.6 is 0 Å². The van der Waals surface area contributed by atoms with Gasteiger partial charge < -0.3 is 15.6 Å². The number of rotatable bonds is 6. The summed E-state index contributed by atoms with van der Waals surface area (Å²) in [5, 5.41) is 5.73. The first kappa shape index (κ1) is 16.3. The number of nitrogens with two attached hydrogens (primary N) is 1. The lowest BCUT2D eigenvalue weighted by atomic mass is 10.1. The van der Waals surface area contributed by atoms with Gasteiger partial charge >= 0.3 is 0 Å². The van der Waals surface area contributed by atoms with E-state index in [-0.39, 0.29) is 5.95 Å². The quantitative estimate of drug-likeness (QED) is 0.519. The van der Waals surface area contributed by atoms with Crippen molar-refractivity contribution < 1.29 is 0 Å². The van der Waals surface area contributed by atoms with Crippen LogP contribution in [0.5, 0.6) is 0 Å². The largest absolute Gasteiger partial charge is 0.368 e. The number of nitrogen functional groups attached to an aromatic ring is 1. The molecule has 4 rings (SSSR count). The summed E-state index contributed by atoms with van der Waals surface area (Å²) in [5.41, 5.74) is 8.67. The number of fused-ring (bicyclic) bond motifs is 2. The minimum Gasteiger partial charge on any atom is -0.368 e. The third-order valence-electron chi connectivity index (χ3n) is 4.47. The maximum atomic E-state index is 5.87. The Balaban J connectivity index is 1.71. The van der Waals surface area contributed by atoms with Crippen LogP contribution in [-0.2, 0) is 6.54 Å². The zero-order valence-electron chi connectivity index (χ0n) is 14.8. The summed E-state index contributed by atoms with van der Waals surface area (Å²) in [4.78, 5) is 13.4. The molecular formula is C20H22N6. The van der Waals surface area contributed by atoms with E-state index in [1.165, 1.54) is 5.39 Å². The summed E-state index contributed by atoms with van der Waals surface area (Å²) >= 11 is 0. The molecule has 4 aromatic rings. The first-order valence-electron chi connectivity index (χ1n) is 8.94. The zero-order chi connectivity index (χ0) is 17.9. The highest BCUT2D eigenvalue weighted by molar-refractivity contribution is 5.87. The molecule has 0 unspecified atom stereocenters. The van der Waals surface area contributed by atoms with Gasteiger partial charge in [0.2, 0.25) is 5.95 Å². The molecule has 0 amide bonds. The van der Waals surface area contributed by atoms with Crippen molar-refractivity contribution in [1.82, 2.24) is 19.5 Å². The lowest BCUT2D eigenvalue weighted by molar-refractivity contribution is 0.803. The van der Waals surface area contributed by atoms with Crippen molar-refractivity contribution in [2.24, 2.45) is 0 Å². The molecule has 3 N–H and O–H groups in total. The van der Waals surface area contributed by atoms with Crippen LogP contribution in [0, 0.1) is 0 Å². The predicted octanol–water partition coefficient (Wildman–Crippen LogP) is 3.82. The van der Waals surface area contributed by atoms with Gasteiger partial charge in [-0.25, -0.2) is 4.98 Å². The number of hydrogen-bond donors (Lipinski definition) is 2. The van der Waals surface area contributed by atoms with Gasteiger partial charge in [0.15, 0.2) is 5.82 Å². The topological polar surface area (TPSA) is 81.6 Å². The molecule has 1 aromatic carbocycles. The molecule has 0 saturated heterocycles. The fourth-order valence-corrected chi connectivity index (χ4v) is 3.15. The Hall–Kier alpha value is -3.15. The van der Waals surface area contributed by atoms with E-state index in [0.29, 0.717) is 6.54 Å². The molecular weight excluding hydrogens is 324 g/mol.